The van der Waals surface area contributed by atoms with E-state index in [0.29, 0.717) is 17.6 Å². The van der Waals surface area contributed by atoms with Crippen molar-refractivity contribution in [1.82, 2.24) is 5.32 Å². The molecule has 1 amide bonds. The number of benzene rings is 1. The van der Waals surface area contributed by atoms with Crippen LogP contribution in [-0.2, 0) is 0 Å². The van der Waals surface area contributed by atoms with Crippen LogP contribution in [0.4, 0.5) is 0 Å². The Hall–Kier alpha value is -1.48. The maximum Gasteiger partial charge on any atom is 0.287 e. The lowest BCUT2D eigenvalue weighted by Crippen LogP contribution is -2.52. The summed E-state index contributed by atoms with van der Waals surface area (Å²) >= 11 is 6.17. The second-order valence-corrected chi connectivity index (χ2v) is 6.49. The molecule has 3 nitrogen and oxygen atoms in total. The number of carbonyl (C=O) groups is 1. The van der Waals surface area contributed by atoms with Gasteiger partial charge in [0.25, 0.3) is 5.91 Å². The molecule has 1 aliphatic carbocycles. The zero-order chi connectivity index (χ0) is 14.9. The van der Waals surface area contributed by atoms with Gasteiger partial charge in [-0.3, -0.25) is 4.79 Å². The molecule has 0 radical (unpaired) electrons. The second kappa shape index (κ2) is 5.72. The Bertz CT molecular complexity index is 618. The van der Waals surface area contributed by atoms with Crippen LogP contribution in [0, 0.1) is 5.92 Å². The highest BCUT2D eigenvalue weighted by atomic mass is 35.5. The van der Waals surface area contributed by atoms with E-state index in [-0.39, 0.29) is 11.4 Å². The summed E-state index contributed by atoms with van der Waals surface area (Å²) in [6.45, 7) is 2.22. The predicted octanol–water partition coefficient (Wildman–Crippen LogP) is 4.35. The lowest BCUT2D eigenvalue weighted by molar-refractivity contribution is 0.0841. The van der Waals surface area contributed by atoms with Crippen molar-refractivity contribution in [3.63, 3.8) is 0 Å². The molecule has 0 saturated heterocycles. The van der Waals surface area contributed by atoms with Gasteiger partial charge in [-0.1, -0.05) is 38.0 Å². The summed E-state index contributed by atoms with van der Waals surface area (Å²) in [5.41, 5.74) is 0.439. The minimum absolute atomic E-state index is 0.166. The minimum Gasteiger partial charge on any atom is -0.451 e. The quantitative estimate of drug-likeness (QED) is 0.857. The van der Waals surface area contributed by atoms with E-state index in [1.807, 2.05) is 24.3 Å². The van der Waals surface area contributed by atoms with Crippen molar-refractivity contribution in [2.24, 2.45) is 5.92 Å². The summed E-state index contributed by atoms with van der Waals surface area (Å²) in [6, 6.07) is 9.43. The summed E-state index contributed by atoms with van der Waals surface area (Å²) in [7, 11) is 0. The van der Waals surface area contributed by atoms with Gasteiger partial charge in [0, 0.05) is 11.3 Å². The normalized spacial score (nSPS) is 25.9. The highest BCUT2D eigenvalue weighted by Crippen LogP contribution is 2.33. The van der Waals surface area contributed by atoms with Crippen molar-refractivity contribution in [2.45, 2.75) is 38.1 Å². The van der Waals surface area contributed by atoms with Crippen LogP contribution >= 0.6 is 11.6 Å². The zero-order valence-corrected chi connectivity index (χ0v) is 13.0. The fourth-order valence-electron chi connectivity index (χ4n) is 3.32. The number of rotatable bonds is 3. The van der Waals surface area contributed by atoms with Crippen molar-refractivity contribution in [3.05, 3.63) is 36.1 Å². The molecule has 0 spiro atoms. The van der Waals surface area contributed by atoms with Gasteiger partial charge < -0.3 is 9.73 Å². The molecule has 1 saturated carbocycles. The molecule has 1 N–H and O–H groups in total. The Morgan fingerprint density at radius 2 is 2.29 bits per heavy atom. The number of amides is 1. The minimum atomic E-state index is -0.296. The van der Waals surface area contributed by atoms with E-state index in [0.717, 1.165) is 30.2 Å². The van der Waals surface area contributed by atoms with Crippen LogP contribution in [0.2, 0.25) is 0 Å². The number of fused-ring (bicyclic) bond motifs is 1. The van der Waals surface area contributed by atoms with Gasteiger partial charge >= 0.3 is 0 Å². The molecular formula is C17H20ClNO2. The van der Waals surface area contributed by atoms with Crippen LogP contribution in [0.25, 0.3) is 11.0 Å². The van der Waals surface area contributed by atoms with Gasteiger partial charge in [-0.2, -0.15) is 0 Å². The van der Waals surface area contributed by atoms with E-state index < -0.39 is 0 Å². The maximum atomic E-state index is 12.5. The summed E-state index contributed by atoms with van der Waals surface area (Å²) in [6.07, 6.45) is 4.18. The largest absolute Gasteiger partial charge is 0.451 e. The number of alkyl halides is 1. The highest BCUT2D eigenvalue weighted by molar-refractivity contribution is 6.19. The number of halogens is 1. The Morgan fingerprint density at radius 1 is 1.48 bits per heavy atom. The second-order valence-electron chi connectivity index (χ2n) is 6.22. The van der Waals surface area contributed by atoms with E-state index in [1.165, 1.54) is 6.42 Å². The van der Waals surface area contributed by atoms with Crippen LogP contribution in [0.15, 0.2) is 34.7 Å². The number of para-hydroxylation sites is 1. The number of hydrogen-bond acceptors (Lipinski definition) is 2. The molecular weight excluding hydrogens is 286 g/mol. The molecule has 2 aromatic rings. The third-order valence-corrected chi connectivity index (χ3v) is 4.89. The van der Waals surface area contributed by atoms with Crippen LogP contribution < -0.4 is 5.32 Å². The summed E-state index contributed by atoms with van der Waals surface area (Å²) in [5.74, 6) is 1.23. The number of furan rings is 1. The molecule has 1 heterocycles. The fraction of sp³-hybridized carbons (Fsp3) is 0.471. The van der Waals surface area contributed by atoms with Gasteiger partial charge in [0.15, 0.2) is 5.76 Å². The average Bonchev–Trinajstić information content (AvgIpc) is 2.91. The van der Waals surface area contributed by atoms with E-state index in [2.05, 4.69) is 12.2 Å². The first-order valence-corrected chi connectivity index (χ1v) is 8.02. The first-order valence-electron chi connectivity index (χ1n) is 7.49. The molecule has 1 fully saturated rings. The maximum absolute atomic E-state index is 12.5. The van der Waals surface area contributed by atoms with Crippen LogP contribution in [0.5, 0.6) is 0 Å². The lowest BCUT2D eigenvalue weighted by Gasteiger charge is -2.39. The molecule has 21 heavy (non-hydrogen) atoms. The number of nitrogens with one attached hydrogen (secondary N) is 1. The van der Waals surface area contributed by atoms with E-state index in [4.69, 9.17) is 16.0 Å². The van der Waals surface area contributed by atoms with Crippen molar-refractivity contribution >= 4 is 28.5 Å². The lowest BCUT2D eigenvalue weighted by atomic mass is 9.77. The molecule has 0 aliphatic heterocycles. The van der Waals surface area contributed by atoms with Gasteiger partial charge in [0.2, 0.25) is 0 Å². The van der Waals surface area contributed by atoms with Crippen molar-refractivity contribution in [2.75, 3.05) is 5.88 Å². The average molecular weight is 306 g/mol. The van der Waals surface area contributed by atoms with E-state index in [1.54, 1.807) is 6.07 Å². The fourth-order valence-corrected chi connectivity index (χ4v) is 3.63. The van der Waals surface area contributed by atoms with Gasteiger partial charge in [0.05, 0.1) is 5.54 Å². The molecule has 4 heteroatoms. The number of carbonyl (C=O) groups excluding carboxylic acids is 1. The predicted molar refractivity (Wildman–Crippen MR) is 84.8 cm³/mol. The van der Waals surface area contributed by atoms with Crippen molar-refractivity contribution < 1.29 is 9.21 Å². The molecule has 1 aliphatic rings. The molecule has 2 atom stereocenters. The molecule has 112 valence electrons. The Kier molecular flexibility index (Phi) is 3.94. The van der Waals surface area contributed by atoms with Crippen molar-refractivity contribution in [1.29, 1.82) is 0 Å². The van der Waals surface area contributed by atoms with Gasteiger partial charge in [0.1, 0.15) is 5.58 Å². The zero-order valence-electron chi connectivity index (χ0n) is 12.2. The first kappa shape index (κ1) is 14.5. The Balaban J connectivity index is 1.81. The third kappa shape index (κ3) is 2.93. The van der Waals surface area contributed by atoms with Crippen LogP contribution in [0.1, 0.15) is 43.2 Å². The molecule has 2 unspecified atom stereocenters. The summed E-state index contributed by atoms with van der Waals surface area (Å²) in [4.78, 5) is 12.5. The standard InChI is InChI=1S/C17H20ClNO2/c1-12-5-4-8-17(10-12,11-18)19-16(20)15-9-13-6-2-3-7-14(13)21-15/h2-3,6-7,9,12H,4-5,8,10-11H2,1H3,(H,19,20). The third-order valence-electron chi connectivity index (χ3n) is 4.38. The summed E-state index contributed by atoms with van der Waals surface area (Å²) < 4.78 is 5.63. The first-order chi connectivity index (χ1) is 10.1. The van der Waals surface area contributed by atoms with Gasteiger partial charge in [-0.15, -0.1) is 11.6 Å². The smallest absolute Gasteiger partial charge is 0.287 e. The van der Waals surface area contributed by atoms with Crippen molar-refractivity contribution in [3.8, 4) is 0 Å². The van der Waals surface area contributed by atoms with E-state index >= 15 is 0 Å². The topological polar surface area (TPSA) is 42.2 Å². The molecule has 0 bridgehead atoms. The van der Waals surface area contributed by atoms with E-state index in [9.17, 15) is 4.79 Å². The molecule has 1 aromatic heterocycles. The van der Waals surface area contributed by atoms with Crippen LogP contribution in [-0.4, -0.2) is 17.3 Å². The monoisotopic (exact) mass is 305 g/mol. The Morgan fingerprint density at radius 3 is 3.00 bits per heavy atom. The summed E-state index contributed by atoms with van der Waals surface area (Å²) in [5, 5.41) is 4.07. The number of hydrogen-bond donors (Lipinski definition) is 1. The van der Waals surface area contributed by atoms with Gasteiger partial charge in [-0.25, -0.2) is 0 Å². The molecule has 1 aromatic carbocycles. The Labute approximate surface area is 129 Å². The van der Waals surface area contributed by atoms with Crippen LogP contribution in [0.3, 0.4) is 0 Å². The SMILES string of the molecule is CC1CCCC(CCl)(NC(=O)c2cc3ccccc3o2)C1. The molecule has 3 rings (SSSR count). The van der Waals surface area contributed by atoms with Gasteiger partial charge in [-0.05, 0) is 30.9 Å². The highest BCUT2D eigenvalue weighted by Gasteiger charge is 2.36.